The van der Waals surface area contributed by atoms with Crippen LogP contribution in [-0.2, 0) is 9.59 Å². The zero-order valence-electron chi connectivity index (χ0n) is 15.9. The Hall–Kier alpha value is -3.60. The van der Waals surface area contributed by atoms with Gasteiger partial charge in [-0.05, 0) is 42.2 Å². The number of aliphatic carboxylic acids is 1. The molecule has 0 aliphatic heterocycles. The Bertz CT molecular complexity index is 957. The van der Waals surface area contributed by atoms with Gasteiger partial charge in [-0.15, -0.1) is 0 Å². The van der Waals surface area contributed by atoms with Crippen molar-refractivity contribution in [1.29, 1.82) is 0 Å². The first-order valence-electron chi connectivity index (χ1n) is 8.65. The third-order valence-electron chi connectivity index (χ3n) is 3.84. The number of nitro groups is 1. The number of nitro benzene ring substituents is 1. The molecule has 0 radical (unpaired) electrons. The molecule has 0 saturated heterocycles. The van der Waals surface area contributed by atoms with Crippen LogP contribution in [0.4, 0.5) is 5.69 Å². The second-order valence-corrected chi connectivity index (χ2v) is 6.97. The van der Waals surface area contributed by atoms with Gasteiger partial charge < -0.3 is 20.2 Å². The van der Waals surface area contributed by atoms with Crippen LogP contribution < -0.4 is 10.6 Å². The summed E-state index contributed by atoms with van der Waals surface area (Å²) in [6.07, 6.45) is 4.48. The number of hydrogen-bond acceptors (Lipinski definition) is 7. The smallest absolute Gasteiger partial charge is 0.326 e. The molecule has 0 spiro atoms. The van der Waals surface area contributed by atoms with Crippen molar-refractivity contribution in [1.82, 2.24) is 10.6 Å². The van der Waals surface area contributed by atoms with Crippen molar-refractivity contribution >= 4 is 41.3 Å². The monoisotopic (exact) mass is 433 g/mol. The summed E-state index contributed by atoms with van der Waals surface area (Å²) in [6.45, 7) is 0. The third kappa shape index (κ3) is 6.48. The summed E-state index contributed by atoms with van der Waals surface area (Å²) in [5, 5.41) is 25.0. The molecule has 10 nitrogen and oxygen atoms in total. The maximum Gasteiger partial charge on any atom is 0.326 e. The summed E-state index contributed by atoms with van der Waals surface area (Å²) in [5.41, 5.74) is -0.221. The second kappa shape index (κ2) is 10.8. The van der Waals surface area contributed by atoms with Gasteiger partial charge in [0, 0.05) is 12.1 Å². The summed E-state index contributed by atoms with van der Waals surface area (Å²) >= 11 is 1.42. The second-order valence-electron chi connectivity index (χ2n) is 5.99. The average Bonchev–Trinajstić information content (AvgIpc) is 3.25. The van der Waals surface area contributed by atoms with E-state index < -0.39 is 28.7 Å². The minimum Gasteiger partial charge on any atom is -0.480 e. The van der Waals surface area contributed by atoms with Crippen LogP contribution in [0.25, 0.3) is 6.08 Å². The number of carbonyl (C=O) groups excluding carboxylic acids is 2. The molecular weight excluding hydrogens is 414 g/mol. The zero-order valence-corrected chi connectivity index (χ0v) is 16.7. The Morgan fingerprint density at radius 1 is 1.30 bits per heavy atom. The van der Waals surface area contributed by atoms with E-state index in [0.717, 1.165) is 0 Å². The lowest BCUT2D eigenvalue weighted by Crippen LogP contribution is -2.44. The number of hydrogen-bond donors (Lipinski definition) is 3. The van der Waals surface area contributed by atoms with Crippen molar-refractivity contribution in [3.8, 4) is 0 Å². The van der Waals surface area contributed by atoms with Crippen LogP contribution in [0.5, 0.6) is 0 Å². The van der Waals surface area contributed by atoms with E-state index in [0.29, 0.717) is 5.75 Å². The minimum atomic E-state index is -1.22. The number of nitrogens with one attached hydrogen (secondary N) is 2. The molecule has 158 valence electrons. The lowest BCUT2D eigenvalue weighted by atomic mass is 10.1. The first kappa shape index (κ1) is 22.7. The average molecular weight is 433 g/mol. The number of benzene rings is 1. The number of amides is 2. The van der Waals surface area contributed by atoms with Gasteiger partial charge in [0.25, 0.3) is 17.5 Å². The van der Waals surface area contributed by atoms with Crippen LogP contribution in [-0.4, -0.2) is 45.9 Å². The summed E-state index contributed by atoms with van der Waals surface area (Å²) in [7, 11) is 0. The molecule has 1 aromatic heterocycles. The van der Waals surface area contributed by atoms with Gasteiger partial charge in [-0.2, -0.15) is 11.8 Å². The van der Waals surface area contributed by atoms with Gasteiger partial charge in [-0.3, -0.25) is 19.7 Å². The highest BCUT2D eigenvalue weighted by atomic mass is 32.2. The Morgan fingerprint density at radius 2 is 2.07 bits per heavy atom. The van der Waals surface area contributed by atoms with Crippen LogP contribution >= 0.6 is 11.8 Å². The third-order valence-corrected chi connectivity index (χ3v) is 4.49. The quantitative estimate of drug-likeness (QED) is 0.293. The topological polar surface area (TPSA) is 152 Å². The number of nitrogens with zero attached hydrogens (tertiary/aromatic N) is 1. The molecule has 30 heavy (non-hydrogen) atoms. The molecule has 2 amide bonds. The number of carbonyl (C=O) groups is 3. The Morgan fingerprint density at radius 3 is 2.67 bits per heavy atom. The molecule has 0 aliphatic carbocycles. The van der Waals surface area contributed by atoms with E-state index in [1.807, 2.05) is 0 Å². The molecule has 0 fully saturated rings. The van der Waals surface area contributed by atoms with Crippen molar-refractivity contribution in [2.75, 3.05) is 12.0 Å². The standard InChI is InChI=1S/C19H19N3O7S/c1-30-9-7-14(19(25)26)20-17(23)15(21-18(24)16-6-3-8-29-16)11-12-4-2-5-13(10-12)22(27)28/h2-6,8,10-11,14H,7,9H2,1H3,(H,20,23)(H,21,24)(H,25,26)/b15-11+/t14-/m0/s1. The number of thioether (sulfide) groups is 1. The highest BCUT2D eigenvalue weighted by Crippen LogP contribution is 2.16. The normalized spacial score (nSPS) is 12.1. The van der Waals surface area contributed by atoms with Crippen LogP contribution in [0, 0.1) is 10.1 Å². The van der Waals surface area contributed by atoms with Gasteiger partial charge >= 0.3 is 5.97 Å². The molecule has 1 aromatic carbocycles. The van der Waals surface area contributed by atoms with Crippen LogP contribution in [0.1, 0.15) is 22.5 Å². The molecule has 0 aliphatic rings. The summed E-state index contributed by atoms with van der Waals surface area (Å²) in [6, 6.07) is 7.13. The first-order chi connectivity index (χ1) is 14.3. The number of carboxylic acid groups (broad SMARTS) is 1. The molecular formula is C19H19N3O7S. The molecule has 1 heterocycles. The minimum absolute atomic E-state index is 0.0649. The van der Waals surface area contributed by atoms with E-state index in [2.05, 4.69) is 10.6 Å². The predicted octanol–water partition coefficient (Wildman–Crippen LogP) is 2.28. The van der Waals surface area contributed by atoms with E-state index in [-0.39, 0.29) is 29.1 Å². The van der Waals surface area contributed by atoms with E-state index in [1.165, 1.54) is 60.5 Å². The largest absolute Gasteiger partial charge is 0.480 e. The van der Waals surface area contributed by atoms with Crippen molar-refractivity contribution in [3.63, 3.8) is 0 Å². The lowest BCUT2D eigenvalue weighted by molar-refractivity contribution is -0.384. The van der Waals surface area contributed by atoms with Crippen molar-refractivity contribution in [2.45, 2.75) is 12.5 Å². The lowest BCUT2D eigenvalue weighted by Gasteiger charge is -2.16. The highest BCUT2D eigenvalue weighted by molar-refractivity contribution is 7.98. The Labute approximate surface area is 175 Å². The van der Waals surface area contributed by atoms with Crippen LogP contribution in [0.3, 0.4) is 0 Å². The maximum atomic E-state index is 12.7. The molecule has 2 rings (SSSR count). The van der Waals surface area contributed by atoms with Crippen LogP contribution in [0.15, 0.2) is 52.8 Å². The number of rotatable bonds is 10. The zero-order chi connectivity index (χ0) is 22.1. The highest BCUT2D eigenvalue weighted by Gasteiger charge is 2.23. The van der Waals surface area contributed by atoms with Crippen molar-refractivity contribution < 1.29 is 28.8 Å². The van der Waals surface area contributed by atoms with Crippen molar-refractivity contribution in [3.05, 3.63) is 69.8 Å². The number of carboxylic acids is 1. The summed E-state index contributed by atoms with van der Waals surface area (Å²) < 4.78 is 4.99. The molecule has 0 saturated carbocycles. The van der Waals surface area contributed by atoms with Gasteiger partial charge in [-0.25, -0.2) is 4.79 Å². The van der Waals surface area contributed by atoms with E-state index in [1.54, 1.807) is 6.26 Å². The summed E-state index contributed by atoms with van der Waals surface area (Å²) in [4.78, 5) is 46.9. The molecule has 2 aromatic rings. The number of furan rings is 1. The van der Waals surface area contributed by atoms with Gasteiger partial charge in [0.15, 0.2) is 5.76 Å². The molecule has 0 unspecified atom stereocenters. The first-order valence-corrected chi connectivity index (χ1v) is 10.0. The SMILES string of the molecule is CSCC[C@H](NC(=O)/C(=C\c1cccc([N+](=O)[O-])c1)NC(=O)c1ccco1)C(=O)O. The van der Waals surface area contributed by atoms with Gasteiger partial charge in [0.1, 0.15) is 11.7 Å². The van der Waals surface area contributed by atoms with E-state index in [9.17, 15) is 29.6 Å². The maximum absolute atomic E-state index is 12.7. The van der Waals surface area contributed by atoms with Crippen molar-refractivity contribution in [2.24, 2.45) is 0 Å². The van der Waals surface area contributed by atoms with Gasteiger partial charge in [0.2, 0.25) is 0 Å². The fraction of sp³-hybridized carbons (Fsp3) is 0.211. The molecule has 1 atom stereocenters. The van der Waals surface area contributed by atoms with E-state index >= 15 is 0 Å². The van der Waals surface area contributed by atoms with Crippen LogP contribution in [0.2, 0.25) is 0 Å². The van der Waals surface area contributed by atoms with Gasteiger partial charge in [0.05, 0.1) is 11.2 Å². The number of non-ortho nitro benzene ring substituents is 1. The summed E-state index contributed by atoms with van der Waals surface area (Å²) in [5.74, 6) is -2.37. The Balaban J connectivity index is 2.33. The van der Waals surface area contributed by atoms with Gasteiger partial charge in [-0.1, -0.05) is 12.1 Å². The molecule has 0 bridgehead atoms. The fourth-order valence-corrected chi connectivity index (χ4v) is 2.85. The Kier molecular flexibility index (Phi) is 8.18. The van der Waals surface area contributed by atoms with E-state index in [4.69, 9.17) is 4.42 Å². The predicted molar refractivity (Wildman–Crippen MR) is 110 cm³/mol. The molecule has 11 heteroatoms. The molecule has 3 N–H and O–H groups in total. The fourth-order valence-electron chi connectivity index (χ4n) is 2.37.